The Balaban J connectivity index is 2.02. The van der Waals surface area contributed by atoms with Gasteiger partial charge in [-0.15, -0.1) is 11.3 Å². The number of aromatic nitrogens is 2. The molecule has 9 heteroatoms. The predicted molar refractivity (Wildman–Crippen MR) is 112 cm³/mol. The monoisotopic (exact) mass is 438 g/mol. The summed E-state index contributed by atoms with van der Waals surface area (Å²) in [5.74, 6) is -0.0332. The number of halogens is 3. The topological polar surface area (TPSA) is 41.4 Å². The highest BCUT2D eigenvalue weighted by atomic mass is 32.1. The fraction of sp³-hybridized carbons (Fsp3) is 0.429. The van der Waals surface area contributed by atoms with Crippen molar-refractivity contribution in [3.63, 3.8) is 0 Å². The molecule has 0 spiro atoms. The van der Waals surface area contributed by atoms with Crippen molar-refractivity contribution in [2.45, 2.75) is 39.7 Å². The molecule has 0 unspecified atom stereocenters. The molecule has 1 amide bonds. The molecule has 2 aliphatic rings. The first kappa shape index (κ1) is 22.3. The van der Waals surface area contributed by atoms with Gasteiger partial charge in [0, 0.05) is 49.4 Å². The first-order chi connectivity index (χ1) is 14.0. The zero-order chi connectivity index (χ0) is 22.2. The van der Waals surface area contributed by atoms with E-state index in [4.69, 9.17) is 0 Å². The van der Waals surface area contributed by atoms with Gasteiger partial charge in [-0.2, -0.15) is 13.2 Å². The first-order valence-corrected chi connectivity index (χ1v) is 10.3. The van der Waals surface area contributed by atoms with Gasteiger partial charge >= 0.3 is 6.18 Å². The summed E-state index contributed by atoms with van der Waals surface area (Å²) in [6, 6.07) is 3.72. The Labute approximate surface area is 178 Å². The Morgan fingerprint density at radius 2 is 1.90 bits per heavy atom. The van der Waals surface area contributed by atoms with Gasteiger partial charge in [-0.1, -0.05) is 0 Å². The van der Waals surface area contributed by atoms with Crippen LogP contribution in [0.3, 0.4) is 0 Å². The molecule has 3 rings (SSSR count). The Morgan fingerprint density at radius 3 is 2.47 bits per heavy atom. The number of nitrogens with zero attached hydrogens (tertiary/aromatic N) is 4. The van der Waals surface area contributed by atoms with Crippen LogP contribution in [0.2, 0.25) is 0 Å². The summed E-state index contributed by atoms with van der Waals surface area (Å²) in [6.45, 7) is 4.39. The molecular weight excluding hydrogens is 413 g/mol. The van der Waals surface area contributed by atoms with Crippen LogP contribution >= 0.6 is 11.3 Å². The van der Waals surface area contributed by atoms with Crippen LogP contribution in [0, 0.1) is 13.8 Å². The lowest BCUT2D eigenvalue weighted by molar-refractivity contribution is -0.141. The molecule has 0 aliphatic carbocycles. The van der Waals surface area contributed by atoms with E-state index in [0.29, 0.717) is 12.1 Å². The molecule has 1 aromatic rings. The van der Waals surface area contributed by atoms with Crippen molar-refractivity contribution in [3.8, 4) is 11.4 Å². The maximum absolute atomic E-state index is 13.8. The van der Waals surface area contributed by atoms with E-state index in [1.807, 2.05) is 23.3 Å². The summed E-state index contributed by atoms with van der Waals surface area (Å²) in [5.41, 5.74) is 1.59. The molecule has 0 saturated heterocycles. The third-order valence-electron chi connectivity index (χ3n) is 4.96. The minimum absolute atomic E-state index is 0.0663. The molecule has 2 aliphatic heterocycles. The zero-order valence-electron chi connectivity index (χ0n) is 17.7. The molecule has 0 N–H and O–H groups in total. The standard InChI is InChI=1S/C21H25F3N4OS/c1-13-8-15-16(10-27(5)11-17-14(2)6-7-30-17)19(21(22,23)24)25-20(15)28(9-13)12-18(29)26(3)4/h6-9H,10-12H2,1-5H3. The number of hydrogen-bond donors (Lipinski definition) is 0. The molecule has 0 radical (unpaired) electrons. The van der Waals surface area contributed by atoms with Gasteiger partial charge in [0.25, 0.3) is 0 Å². The lowest BCUT2D eigenvalue weighted by Gasteiger charge is -2.19. The number of rotatable bonds is 6. The van der Waals surface area contributed by atoms with Gasteiger partial charge in [0.2, 0.25) is 5.91 Å². The number of likely N-dealkylation sites (N-methyl/N-ethyl adjacent to an activating group) is 1. The van der Waals surface area contributed by atoms with E-state index < -0.39 is 11.9 Å². The number of aryl methyl sites for hydroxylation is 2. The maximum atomic E-state index is 13.8. The van der Waals surface area contributed by atoms with Gasteiger partial charge < -0.3 is 9.47 Å². The Morgan fingerprint density at radius 1 is 1.20 bits per heavy atom. The Kier molecular flexibility index (Phi) is 6.24. The summed E-state index contributed by atoms with van der Waals surface area (Å²) in [4.78, 5) is 20.5. The number of hydrogen-bond acceptors (Lipinski definition) is 4. The maximum Gasteiger partial charge on any atom is 0.433 e. The van der Waals surface area contributed by atoms with Crippen LogP contribution in [0.5, 0.6) is 0 Å². The molecule has 5 nitrogen and oxygen atoms in total. The van der Waals surface area contributed by atoms with Gasteiger partial charge in [0.15, 0.2) is 5.69 Å². The quantitative estimate of drug-likeness (QED) is 0.573. The van der Waals surface area contributed by atoms with E-state index in [-0.39, 0.29) is 30.4 Å². The molecule has 0 saturated carbocycles. The zero-order valence-corrected chi connectivity index (χ0v) is 18.5. The lowest BCUT2D eigenvalue weighted by atomic mass is 10.1. The van der Waals surface area contributed by atoms with Crippen molar-refractivity contribution in [1.82, 2.24) is 19.4 Å². The van der Waals surface area contributed by atoms with Crippen molar-refractivity contribution in [2.24, 2.45) is 0 Å². The third kappa shape index (κ3) is 4.67. The van der Waals surface area contributed by atoms with Gasteiger partial charge in [0.05, 0.1) is 0 Å². The molecular formula is C21H25F3N4OS. The summed E-state index contributed by atoms with van der Waals surface area (Å²) in [5, 5.41) is 1.98. The van der Waals surface area contributed by atoms with Crippen molar-refractivity contribution in [3.05, 3.63) is 51.0 Å². The average molecular weight is 439 g/mol. The normalized spacial score (nSPS) is 12.2. The third-order valence-corrected chi connectivity index (χ3v) is 5.96. The number of amides is 1. The van der Waals surface area contributed by atoms with Crippen molar-refractivity contribution >= 4 is 17.2 Å². The van der Waals surface area contributed by atoms with Gasteiger partial charge in [-0.25, -0.2) is 4.98 Å². The van der Waals surface area contributed by atoms with Crippen molar-refractivity contribution in [2.75, 3.05) is 21.1 Å². The molecule has 0 fully saturated rings. The van der Waals surface area contributed by atoms with Crippen LogP contribution in [0.4, 0.5) is 13.2 Å². The number of thiophene rings is 1. The number of alkyl halides is 3. The van der Waals surface area contributed by atoms with Gasteiger partial charge in [0.1, 0.15) is 12.4 Å². The number of carbonyl (C=O) groups is 1. The highest BCUT2D eigenvalue weighted by Gasteiger charge is 2.40. The predicted octanol–water partition coefficient (Wildman–Crippen LogP) is 4.41. The number of carbonyl (C=O) groups excluding carboxylic acids is 1. The van der Waals surface area contributed by atoms with Crippen LogP contribution in [-0.2, 0) is 30.6 Å². The van der Waals surface area contributed by atoms with Gasteiger partial charge in [-0.3, -0.25) is 9.69 Å². The van der Waals surface area contributed by atoms with Crippen molar-refractivity contribution in [1.29, 1.82) is 0 Å². The van der Waals surface area contributed by atoms with Gasteiger partial charge in [-0.05, 0) is 49.5 Å². The minimum Gasteiger partial charge on any atom is -0.347 e. The van der Waals surface area contributed by atoms with E-state index in [9.17, 15) is 18.0 Å². The molecule has 0 bridgehead atoms. The average Bonchev–Trinajstić information content (AvgIpc) is 3.19. The number of pyridine rings is 1. The van der Waals surface area contributed by atoms with E-state index in [1.54, 1.807) is 51.7 Å². The minimum atomic E-state index is -4.58. The highest BCUT2D eigenvalue weighted by Crippen LogP contribution is 2.39. The molecule has 0 aromatic carbocycles. The van der Waals surface area contributed by atoms with Crippen molar-refractivity contribution < 1.29 is 18.0 Å². The smallest absolute Gasteiger partial charge is 0.347 e. The van der Waals surface area contributed by atoms with Crippen LogP contribution in [0.25, 0.3) is 11.4 Å². The van der Waals surface area contributed by atoms with E-state index in [1.165, 1.54) is 9.47 Å². The SMILES string of the molecule is Cc1cc2c(CN(C)Cc3sccc3C)c(C(F)(F)F)nc-2n(CC(=O)N(C)C)c1. The summed E-state index contributed by atoms with van der Waals surface area (Å²) in [7, 11) is 5.03. The second-order valence-electron chi connectivity index (χ2n) is 7.81. The highest BCUT2D eigenvalue weighted by molar-refractivity contribution is 7.10. The molecule has 1 aromatic heterocycles. The second kappa shape index (κ2) is 8.39. The second-order valence-corrected chi connectivity index (χ2v) is 8.81. The first-order valence-electron chi connectivity index (χ1n) is 9.45. The fourth-order valence-corrected chi connectivity index (χ4v) is 4.36. The molecule has 3 heterocycles. The van der Waals surface area contributed by atoms with Crippen LogP contribution in [-0.4, -0.2) is 46.4 Å². The number of fused-ring (bicyclic) bond motifs is 1. The summed E-state index contributed by atoms with van der Waals surface area (Å²) in [6.07, 6.45) is -2.91. The van der Waals surface area contributed by atoms with Crippen LogP contribution < -0.4 is 0 Å². The Bertz CT molecular complexity index is 1020. The lowest BCUT2D eigenvalue weighted by Crippen LogP contribution is -2.27. The Hall–Kier alpha value is -2.39. The van der Waals surface area contributed by atoms with Crippen LogP contribution in [0.15, 0.2) is 23.7 Å². The van der Waals surface area contributed by atoms with Crippen LogP contribution in [0.1, 0.15) is 27.3 Å². The van der Waals surface area contributed by atoms with E-state index in [0.717, 1.165) is 16.0 Å². The summed E-state index contributed by atoms with van der Waals surface area (Å²) < 4.78 is 43.0. The largest absolute Gasteiger partial charge is 0.433 e. The van der Waals surface area contributed by atoms with E-state index in [2.05, 4.69) is 4.98 Å². The molecule has 30 heavy (non-hydrogen) atoms. The fourth-order valence-electron chi connectivity index (χ4n) is 3.38. The van der Waals surface area contributed by atoms with E-state index >= 15 is 0 Å². The molecule has 0 atom stereocenters. The summed E-state index contributed by atoms with van der Waals surface area (Å²) >= 11 is 1.59. The molecule has 162 valence electrons.